The first-order chi connectivity index (χ1) is 12.3. The highest BCUT2D eigenvalue weighted by Crippen LogP contribution is 2.15. The van der Waals surface area contributed by atoms with Crippen LogP contribution < -0.4 is 5.32 Å². The maximum atomic E-state index is 4.84. The summed E-state index contributed by atoms with van der Waals surface area (Å²) in [6.45, 7) is 8.38. The van der Waals surface area contributed by atoms with Gasteiger partial charge in [0.05, 0.1) is 11.9 Å². The number of hydrogen-bond donors (Lipinski definition) is 1. The molecule has 1 aliphatic rings. The van der Waals surface area contributed by atoms with Gasteiger partial charge in [-0.2, -0.15) is 5.10 Å². The number of nitrogens with zero attached hydrogens (tertiary/aromatic N) is 4. The summed E-state index contributed by atoms with van der Waals surface area (Å²) in [6, 6.07) is 10.2. The number of hydrogen-bond acceptors (Lipinski definition) is 2. The molecule has 0 spiro atoms. The third-order valence-electron chi connectivity index (χ3n) is 4.61. The molecule has 1 saturated heterocycles. The van der Waals surface area contributed by atoms with E-state index in [1.54, 1.807) is 0 Å². The summed E-state index contributed by atoms with van der Waals surface area (Å²) < 4.78 is 1.93. The zero-order valence-corrected chi connectivity index (χ0v) is 18.1. The summed E-state index contributed by atoms with van der Waals surface area (Å²) in [5, 5.41) is 7.91. The van der Waals surface area contributed by atoms with E-state index in [-0.39, 0.29) is 24.0 Å². The van der Waals surface area contributed by atoms with Gasteiger partial charge in [-0.05, 0) is 49.8 Å². The average Bonchev–Trinajstić information content (AvgIpc) is 3.11. The molecule has 5 nitrogen and oxygen atoms in total. The molecule has 142 valence electrons. The van der Waals surface area contributed by atoms with Crippen LogP contribution in [-0.2, 0) is 6.42 Å². The molecule has 2 aromatic rings. The molecule has 0 bridgehead atoms. The van der Waals surface area contributed by atoms with Crippen LogP contribution in [0.25, 0.3) is 5.69 Å². The molecule has 6 heteroatoms. The molecule has 1 atom stereocenters. The second-order valence-electron chi connectivity index (χ2n) is 6.81. The number of aromatic nitrogens is 2. The Kier molecular flexibility index (Phi) is 8.41. The molecular formula is C20H30IN5. The van der Waals surface area contributed by atoms with E-state index in [1.165, 1.54) is 18.4 Å². The van der Waals surface area contributed by atoms with Crippen molar-refractivity contribution in [2.75, 3.05) is 26.2 Å². The minimum absolute atomic E-state index is 0. The van der Waals surface area contributed by atoms with Crippen molar-refractivity contribution in [2.45, 2.75) is 33.1 Å². The number of halogens is 1. The number of aliphatic imine (C=N–C) groups is 1. The predicted octanol–water partition coefficient (Wildman–Crippen LogP) is 3.73. The van der Waals surface area contributed by atoms with Gasteiger partial charge in [0, 0.05) is 32.4 Å². The second-order valence-corrected chi connectivity index (χ2v) is 6.81. The Balaban J connectivity index is 0.00000243. The van der Waals surface area contributed by atoms with E-state index >= 15 is 0 Å². The molecule has 1 unspecified atom stereocenters. The van der Waals surface area contributed by atoms with E-state index in [0.29, 0.717) is 0 Å². The highest BCUT2D eigenvalue weighted by atomic mass is 127. The maximum absolute atomic E-state index is 4.84. The fraction of sp³-hybridized carbons (Fsp3) is 0.500. The molecule has 26 heavy (non-hydrogen) atoms. The first-order valence-electron chi connectivity index (χ1n) is 9.38. The summed E-state index contributed by atoms with van der Waals surface area (Å²) in [5.74, 6) is 1.81. The molecule has 1 aliphatic heterocycles. The van der Waals surface area contributed by atoms with E-state index in [2.05, 4.69) is 47.5 Å². The number of rotatable bonds is 5. The van der Waals surface area contributed by atoms with Crippen LogP contribution in [0.3, 0.4) is 0 Å². The zero-order valence-electron chi connectivity index (χ0n) is 15.8. The van der Waals surface area contributed by atoms with E-state index in [9.17, 15) is 0 Å². The van der Waals surface area contributed by atoms with Crippen LogP contribution in [-0.4, -0.2) is 46.8 Å². The topological polar surface area (TPSA) is 45.5 Å². The highest BCUT2D eigenvalue weighted by Gasteiger charge is 2.18. The number of para-hydroxylation sites is 1. The van der Waals surface area contributed by atoms with Gasteiger partial charge in [-0.15, -0.1) is 24.0 Å². The van der Waals surface area contributed by atoms with Crippen LogP contribution in [0, 0.1) is 5.92 Å². The lowest BCUT2D eigenvalue weighted by atomic mass is 10.0. The number of piperidine rings is 1. The summed E-state index contributed by atoms with van der Waals surface area (Å²) in [4.78, 5) is 7.25. The third-order valence-corrected chi connectivity index (χ3v) is 4.61. The lowest BCUT2D eigenvalue weighted by molar-refractivity contribution is 0.266. The fourth-order valence-corrected chi connectivity index (χ4v) is 3.31. The molecular weight excluding hydrogens is 437 g/mol. The van der Waals surface area contributed by atoms with E-state index in [0.717, 1.165) is 50.2 Å². The molecule has 0 saturated carbocycles. The van der Waals surface area contributed by atoms with Crippen LogP contribution in [0.1, 0.15) is 32.3 Å². The van der Waals surface area contributed by atoms with Gasteiger partial charge in [0.1, 0.15) is 0 Å². The predicted molar refractivity (Wildman–Crippen MR) is 119 cm³/mol. The van der Waals surface area contributed by atoms with Crippen LogP contribution >= 0.6 is 24.0 Å². The van der Waals surface area contributed by atoms with Crippen molar-refractivity contribution in [3.63, 3.8) is 0 Å². The largest absolute Gasteiger partial charge is 0.357 e. The Morgan fingerprint density at radius 2 is 2.12 bits per heavy atom. The lowest BCUT2D eigenvalue weighted by Gasteiger charge is -2.33. The van der Waals surface area contributed by atoms with E-state index in [1.807, 2.05) is 29.1 Å². The summed E-state index contributed by atoms with van der Waals surface area (Å²) >= 11 is 0. The van der Waals surface area contributed by atoms with Crippen LogP contribution in [0.5, 0.6) is 0 Å². The second kappa shape index (κ2) is 10.5. The lowest BCUT2D eigenvalue weighted by Crippen LogP contribution is -2.46. The zero-order chi connectivity index (χ0) is 17.5. The van der Waals surface area contributed by atoms with Crippen molar-refractivity contribution in [3.8, 4) is 5.69 Å². The molecule has 2 heterocycles. The molecule has 3 rings (SSSR count). The molecule has 1 fully saturated rings. The maximum Gasteiger partial charge on any atom is 0.193 e. The molecule has 1 N–H and O–H groups in total. The third kappa shape index (κ3) is 5.72. The van der Waals surface area contributed by atoms with Gasteiger partial charge < -0.3 is 10.2 Å². The number of likely N-dealkylation sites (tertiary alicyclic amines) is 1. The first kappa shape index (κ1) is 20.7. The quantitative estimate of drug-likeness (QED) is 0.414. The fourth-order valence-electron chi connectivity index (χ4n) is 3.31. The molecule has 0 radical (unpaired) electrons. The summed E-state index contributed by atoms with van der Waals surface area (Å²) in [5.41, 5.74) is 2.31. The average molecular weight is 467 g/mol. The molecule has 0 aliphatic carbocycles. The SMILES string of the molecule is CCNC(=NCCc1cnn(-c2ccccc2)c1)N1CCCC(C)C1.I. The van der Waals surface area contributed by atoms with Crippen LogP contribution in [0.2, 0.25) is 0 Å². The minimum atomic E-state index is 0. The van der Waals surface area contributed by atoms with Gasteiger partial charge in [-0.3, -0.25) is 4.99 Å². The number of nitrogens with one attached hydrogen (secondary N) is 1. The van der Waals surface area contributed by atoms with Crippen LogP contribution in [0.4, 0.5) is 0 Å². The normalized spacial score (nSPS) is 17.7. The Morgan fingerprint density at radius 3 is 2.85 bits per heavy atom. The van der Waals surface area contributed by atoms with Gasteiger partial charge in [0.25, 0.3) is 0 Å². The van der Waals surface area contributed by atoms with Gasteiger partial charge >= 0.3 is 0 Å². The van der Waals surface area contributed by atoms with Crippen molar-refractivity contribution in [3.05, 3.63) is 48.3 Å². The number of guanidine groups is 1. The summed E-state index contributed by atoms with van der Waals surface area (Å²) in [7, 11) is 0. The molecule has 0 amide bonds. The minimum Gasteiger partial charge on any atom is -0.357 e. The van der Waals surface area contributed by atoms with E-state index in [4.69, 9.17) is 4.99 Å². The monoisotopic (exact) mass is 467 g/mol. The Labute approximate surface area is 173 Å². The van der Waals surface area contributed by atoms with Gasteiger partial charge in [-0.25, -0.2) is 4.68 Å². The summed E-state index contributed by atoms with van der Waals surface area (Å²) in [6.07, 6.45) is 7.54. The van der Waals surface area contributed by atoms with E-state index < -0.39 is 0 Å². The Bertz CT molecular complexity index is 683. The standard InChI is InChI=1S/C20H29N5.HI/c1-3-21-20(24-13-7-8-17(2)15-24)22-12-11-18-14-23-25(16-18)19-9-5-4-6-10-19;/h4-6,9-10,14,16-17H,3,7-8,11-13,15H2,1-2H3,(H,21,22);1H. The van der Waals surface area contributed by atoms with Gasteiger partial charge in [-0.1, -0.05) is 25.1 Å². The molecule has 1 aromatic heterocycles. The highest BCUT2D eigenvalue weighted by molar-refractivity contribution is 14.0. The first-order valence-corrected chi connectivity index (χ1v) is 9.38. The Hall–Kier alpha value is -1.57. The van der Waals surface area contributed by atoms with Gasteiger partial charge in [0.2, 0.25) is 0 Å². The molecule has 1 aromatic carbocycles. The van der Waals surface area contributed by atoms with Crippen molar-refractivity contribution >= 4 is 29.9 Å². The van der Waals surface area contributed by atoms with Crippen molar-refractivity contribution < 1.29 is 0 Å². The van der Waals surface area contributed by atoms with Crippen molar-refractivity contribution in [1.82, 2.24) is 20.0 Å². The Morgan fingerprint density at radius 1 is 1.31 bits per heavy atom. The van der Waals surface area contributed by atoms with Crippen LogP contribution in [0.15, 0.2) is 47.7 Å². The van der Waals surface area contributed by atoms with Crippen molar-refractivity contribution in [2.24, 2.45) is 10.9 Å². The van der Waals surface area contributed by atoms with Crippen molar-refractivity contribution in [1.29, 1.82) is 0 Å². The number of benzene rings is 1. The smallest absolute Gasteiger partial charge is 0.193 e. The van der Waals surface area contributed by atoms with Gasteiger partial charge in [0.15, 0.2) is 5.96 Å².